The SMILES string of the molecule is O=C(O)CCCCCCN1C(=O)CCCC1CCC(O)Cc1ccccc1. The van der Waals surface area contributed by atoms with Crippen LogP contribution in [-0.4, -0.2) is 45.7 Å². The Morgan fingerprint density at radius 2 is 1.89 bits per heavy atom. The third-order valence-electron chi connectivity index (χ3n) is 5.38. The molecule has 2 N–H and O–H groups in total. The summed E-state index contributed by atoms with van der Waals surface area (Å²) in [4.78, 5) is 24.9. The molecule has 0 saturated carbocycles. The highest BCUT2D eigenvalue weighted by molar-refractivity contribution is 5.77. The zero-order valence-electron chi connectivity index (χ0n) is 16.2. The van der Waals surface area contributed by atoms with Gasteiger partial charge in [0.05, 0.1) is 6.10 Å². The highest BCUT2D eigenvalue weighted by atomic mass is 16.4. The number of carbonyl (C=O) groups is 2. The summed E-state index contributed by atoms with van der Waals surface area (Å²) < 4.78 is 0. The van der Waals surface area contributed by atoms with Gasteiger partial charge in [-0.15, -0.1) is 0 Å². The number of benzene rings is 1. The van der Waals surface area contributed by atoms with Gasteiger partial charge in [-0.05, 0) is 50.5 Å². The van der Waals surface area contributed by atoms with Crippen LogP contribution in [0.5, 0.6) is 0 Å². The molecular weight excluding hydrogens is 342 g/mol. The molecule has 2 unspecified atom stereocenters. The molecule has 1 aliphatic rings. The quantitative estimate of drug-likeness (QED) is 0.545. The highest BCUT2D eigenvalue weighted by Gasteiger charge is 2.27. The number of carboxylic acids is 1. The lowest BCUT2D eigenvalue weighted by Gasteiger charge is -2.36. The first-order valence-corrected chi connectivity index (χ1v) is 10.3. The predicted octanol–water partition coefficient (Wildman–Crippen LogP) is 3.79. The third kappa shape index (κ3) is 8.12. The van der Waals surface area contributed by atoms with Crippen molar-refractivity contribution in [1.82, 2.24) is 4.90 Å². The fourth-order valence-electron chi connectivity index (χ4n) is 3.88. The number of likely N-dealkylation sites (tertiary alicyclic amines) is 1. The van der Waals surface area contributed by atoms with Crippen LogP contribution in [0.3, 0.4) is 0 Å². The molecule has 0 aliphatic carbocycles. The van der Waals surface area contributed by atoms with Crippen molar-refractivity contribution in [3.8, 4) is 0 Å². The van der Waals surface area contributed by atoms with Gasteiger partial charge >= 0.3 is 5.97 Å². The largest absolute Gasteiger partial charge is 0.481 e. The summed E-state index contributed by atoms with van der Waals surface area (Å²) in [7, 11) is 0. The van der Waals surface area contributed by atoms with E-state index in [1.807, 2.05) is 35.2 Å². The first-order chi connectivity index (χ1) is 13.1. The van der Waals surface area contributed by atoms with E-state index in [1.165, 1.54) is 0 Å². The lowest BCUT2D eigenvalue weighted by atomic mass is 9.94. The molecule has 1 aliphatic heterocycles. The molecule has 1 aromatic rings. The number of hydrogen-bond donors (Lipinski definition) is 2. The molecule has 5 nitrogen and oxygen atoms in total. The Kier molecular flexibility index (Phi) is 9.32. The molecular formula is C22H33NO4. The monoisotopic (exact) mass is 375 g/mol. The summed E-state index contributed by atoms with van der Waals surface area (Å²) in [5.41, 5.74) is 1.14. The van der Waals surface area contributed by atoms with E-state index in [0.717, 1.165) is 50.6 Å². The lowest BCUT2D eigenvalue weighted by Crippen LogP contribution is -2.44. The van der Waals surface area contributed by atoms with E-state index in [1.54, 1.807) is 0 Å². The average Bonchev–Trinajstić information content (AvgIpc) is 2.65. The van der Waals surface area contributed by atoms with Crippen molar-refractivity contribution < 1.29 is 19.8 Å². The van der Waals surface area contributed by atoms with Gasteiger partial charge in [0.1, 0.15) is 0 Å². The van der Waals surface area contributed by atoms with Crippen LogP contribution < -0.4 is 0 Å². The highest BCUT2D eigenvalue weighted by Crippen LogP contribution is 2.24. The molecule has 1 saturated heterocycles. The maximum atomic E-state index is 12.3. The molecule has 0 aromatic heterocycles. The number of aliphatic carboxylic acids is 1. The summed E-state index contributed by atoms with van der Waals surface area (Å²) in [6.07, 6.45) is 8.14. The topological polar surface area (TPSA) is 77.8 Å². The third-order valence-corrected chi connectivity index (χ3v) is 5.38. The second-order valence-electron chi connectivity index (χ2n) is 7.61. The smallest absolute Gasteiger partial charge is 0.303 e. The van der Waals surface area contributed by atoms with E-state index in [-0.39, 0.29) is 24.5 Å². The van der Waals surface area contributed by atoms with Crippen LogP contribution >= 0.6 is 0 Å². The van der Waals surface area contributed by atoms with Gasteiger partial charge in [-0.3, -0.25) is 9.59 Å². The normalized spacial score (nSPS) is 18.5. The maximum absolute atomic E-state index is 12.3. The minimum absolute atomic E-state index is 0.227. The number of aliphatic hydroxyl groups is 1. The number of hydrogen-bond acceptors (Lipinski definition) is 3. The van der Waals surface area contributed by atoms with E-state index in [4.69, 9.17) is 5.11 Å². The zero-order chi connectivity index (χ0) is 19.5. The van der Waals surface area contributed by atoms with Gasteiger partial charge in [0.15, 0.2) is 0 Å². The van der Waals surface area contributed by atoms with Gasteiger partial charge in [0.2, 0.25) is 5.91 Å². The number of aliphatic hydroxyl groups excluding tert-OH is 1. The van der Waals surface area contributed by atoms with Gasteiger partial charge < -0.3 is 15.1 Å². The summed E-state index contributed by atoms with van der Waals surface area (Å²) in [6.45, 7) is 0.755. The van der Waals surface area contributed by atoms with Crippen molar-refractivity contribution in [2.75, 3.05) is 6.54 Å². The fraction of sp³-hybridized carbons (Fsp3) is 0.636. The summed E-state index contributed by atoms with van der Waals surface area (Å²) in [5, 5.41) is 19.0. The Morgan fingerprint density at radius 1 is 1.15 bits per heavy atom. The van der Waals surface area contributed by atoms with Crippen LogP contribution in [0.25, 0.3) is 0 Å². The van der Waals surface area contributed by atoms with Crippen LogP contribution in [-0.2, 0) is 16.0 Å². The molecule has 2 atom stereocenters. The van der Waals surface area contributed by atoms with Crippen molar-refractivity contribution in [3.63, 3.8) is 0 Å². The van der Waals surface area contributed by atoms with E-state index in [2.05, 4.69) is 0 Å². The number of carboxylic acid groups (broad SMARTS) is 1. The molecule has 0 spiro atoms. The fourth-order valence-corrected chi connectivity index (χ4v) is 3.88. The minimum Gasteiger partial charge on any atom is -0.481 e. The molecule has 0 radical (unpaired) electrons. The van der Waals surface area contributed by atoms with Crippen LogP contribution in [0, 0.1) is 0 Å². The summed E-state index contributed by atoms with van der Waals surface area (Å²) >= 11 is 0. The Hall–Kier alpha value is -1.88. The predicted molar refractivity (Wildman–Crippen MR) is 105 cm³/mol. The molecule has 150 valence electrons. The first kappa shape index (κ1) is 21.4. The van der Waals surface area contributed by atoms with E-state index in [0.29, 0.717) is 25.7 Å². The van der Waals surface area contributed by atoms with Crippen LogP contribution in [0.2, 0.25) is 0 Å². The van der Waals surface area contributed by atoms with E-state index >= 15 is 0 Å². The van der Waals surface area contributed by atoms with Gasteiger partial charge in [-0.1, -0.05) is 43.2 Å². The van der Waals surface area contributed by atoms with Gasteiger partial charge in [0.25, 0.3) is 0 Å². The van der Waals surface area contributed by atoms with E-state index in [9.17, 15) is 14.7 Å². The van der Waals surface area contributed by atoms with Gasteiger partial charge in [-0.25, -0.2) is 0 Å². The molecule has 1 heterocycles. The van der Waals surface area contributed by atoms with Crippen molar-refractivity contribution in [2.45, 2.75) is 82.8 Å². The van der Waals surface area contributed by atoms with Crippen molar-refractivity contribution in [2.24, 2.45) is 0 Å². The second-order valence-corrected chi connectivity index (χ2v) is 7.61. The maximum Gasteiger partial charge on any atom is 0.303 e. The second kappa shape index (κ2) is 11.8. The molecule has 1 fully saturated rings. The summed E-state index contributed by atoms with van der Waals surface area (Å²) in [5.74, 6) is -0.510. The first-order valence-electron chi connectivity index (χ1n) is 10.3. The molecule has 1 aromatic carbocycles. The van der Waals surface area contributed by atoms with Crippen molar-refractivity contribution >= 4 is 11.9 Å². The Labute approximate surface area is 162 Å². The molecule has 5 heteroatoms. The van der Waals surface area contributed by atoms with Gasteiger partial charge in [0, 0.05) is 25.4 Å². The Balaban J connectivity index is 1.72. The Bertz CT molecular complexity index is 575. The number of piperidine rings is 1. The van der Waals surface area contributed by atoms with Crippen LogP contribution in [0.15, 0.2) is 30.3 Å². The van der Waals surface area contributed by atoms with Crippen molar-refractivity contribution in [1.29, 1.82) is 0 Å². The van der Waals surface area contributed by atoms with E-state index < -0.39 is 5.97 Å². The number of rotatable bonds is 12. The molecule has 0 bridgehead atoms. The van der Waals surface area contributed by atoms with Gasteiger partial charge in [-0.2, -0.15) is 0 Å². The average molecular weight is 376 g/mol. The van der Waals surface area contributed by atoms with Crippen LogP contribution in [0.4, 0.5) is 0 Å². The zero-order valence-corrected chi connectivity index (χ0v) is 16.2. The van der Waals surface area contributed by atoms with Crippen molar-refractivity contribution in [3.05, 3.63) is 35.9 Å². The Morgan fingerprint density at radius 3 is 2.63 bits per heavy atom. The number of nitrogens with zero attached hydrogens (tertiary/aromatic N) is 1. The molecule has 2 rings (SSSR count). The molecule has 27 heavy (non-hydrogen) atoms. The molecule has 1 amide bonds. The van der Waals surface area contributed by atoms with Crippen LogP contribution in [0.1, 0.15) is 69.8 Å². The minimum atomic E-state index is -0.740. The lowest BCUT2D eigenvalue weighted by molar-refractivity contribution is -0.137. The number of carbonyl (C=O) groups excluding carboxylic acids is 1. The standard InChI is InChI=1S/C22H33NO4/c24-20(17-18-9-4-3-5-10-18)15-14-19-11-8-12-21(25)23(19)16-7-2-1-6-13-22(26)27/h3-5,9-10,19-20,24H,1-2,6-8,11-17H2,(H,26,27). The number of unbranched alkanes of at least 4 members (excludes halogenated alkanes) is 3. The summed E-state index contributed by atoms with van der Waals surface area (Å²) in [6, 6.07) is 10.2. The number of amides is 1.